The van der Waals surface area contributed by atoms with Crippen LogP contribution < -0.4 is 5.32 Å². The van der Waals surface area contributed by atoms with Crippen molar-refractivity contribution in [1.82, 2.24) is 9.80 Å². The van der Waals surface area contributed by atoms with E-state index in [1.54, 1.807) is 0 Å². The number of carbonyl (C=O) groups is 1. The first-order valence-corrected chi connectivity index (χ1v) is 6.39. The minimum Gasteiger partial charge on any atom is -0.388 e. The van der Waals surface area contributed by atoms with Gasteiger partial charge in [0.15, 0.2) is 0 Å². The van der Waals surface area contributed by atoms with E-state index < -0.39 is 0 Å². The lowest BCUT2D eigenvalue weighted by molar-refractivity contribution is 0.0533. The number of benzene rings is 1. The molecule has 2 rings (SSSR count). The predicted octanol–water partition coefficient (Wildman–Crippen LogP) is 1.50. The second kappa shape index (κ2) is 5.40. The summed E-state index contributed by atoms with van der Waals surface area (Å²) in [4.78, 5) is 16.6. The predicted molar refractivity (Wildman–Crippen MR) is 74.0 cm³/mol. The fraction of sp³-hybridized carbons (Fsp3) is 0.500. The number of carbonyl (C=O) groups excluding carboxylic acids is 1. The van der Waals surface area contributed by atoms with Gasteiger partial charge in [-0.15, -0.1) is 0 Å². The zero-order valence-electron chi connectivity index (χ0n) is 11.3. The van der Waals surface area contributed by atoms with Crippen LogP contribution in [-0.4, -0.2) is 55.5 Å². The van der Waals surface area contributed by atoms with E-state index in [0.29, 0.717) is 0 Å². The standard InChI is InChI=1S/C14H21N3O/c1-11-10-16(3)8-9-17(11)14(18)12-4-6-13(15-2)7-5-12/h4-7,11,15H,8-10H2,1-3H3. The quantitative estimate of drug-likeness (QED) is 0.860. The zero-order chi connectivity index (χ0) is 13.1. The molecule has 0 bridgehead atoms. The molecular formula is C14H21N3O. The van der Waals surface area contributed by atoms with Gasteiger partial charge in [0.05, 0.1) is 0 Å². The molecule has 1 aromatic carbocycles. The van der Waals surface area contributed by atoms with E-state index in [0.717, 1.165) is 30.9 Å². The van der Waals surface area contributed by atoms with Crippen molar-refractivity contribution in [2.45, 2.75) is 13.0 Å². The second-order valence-electron chi connectivity index (χ2n) is 4.94. The Kier molecular flexibility index (Phi) is 3.87. The van der Waals surface area contributed by atoms with Crippen molar-refractivity contribution in [1.29, 1.82) is 0 Å². The number of piperazine rings is 1. The summed E-state index contributed by atoms with van der Waals surface area (Å²) in [6.45, 7) is 4.81. The van der Waals surface area contributed by atoms with Gasteiger partial charge in [-0.3, -0.25) is 4.79 Å². The van der Waals surface area contributed by atoms with Gasteiger partial charge < -0.3 is 15.1 Å². The molecule has 4 heteroatoms. The van der Waals surface area contributed by atoms with Gasteiger partial charge in [-0.25, -0.2) is 0 Å². The number of amides is 1. The average Bonchev–Trinajstić information content (AvgIpc) is 2.38. The summed E-state index contributed by atoms with van der Waals surface area (Å²) in [5.41, 5.74) is 1.79. The number of hydrogen-bond acceptors (Lipinski definition) is 3. The van der Waals surface area contributed by atoms with Gasteiger partial charge in [0.25, 0.3) is 5.91 Å². The topological polar surface area (TPSA) is 35.6 Å². The van der Waals surface area contributed by atoms with Crippen LogP contribution in [0.5, 0.6) is 0 Å². The largest absolute Gasteiger partial charge is 0.388 e. The number of hydrogen-bond donors (Lipinski definition) is 1. The van der Waals surface area contributed by atoms with E-state index in [-0.39, 0.29) is 11.9 Å². The summed E-state index contributed by atoms with van der Waals surface area (Å²) in [5, 5.41) is 3.06. The molecule has 1 unspecified atom stereocenters. The summed E-state index contributed by atoms with van der Waals surface area (Å²) >= 11 is 0. The first kappa shape index (κ1) is 12.9. The Bertz CT molecular complexity index is 416. The Balaban J connectivity index is 2.10. The first-order chi connectivity index (χ1) is 8.61. The van der Waals surface area contributed by atoms with Crippen LogP contribution in [0.2, 0.25) is 0 Å². The van der Waals surface area contributed by atoms with Crippen LogP contribution in [0.15, 0.2) is 24.3 Å². The maximum absolute atomic E-state index is 12.4. The number of nitrogens with zero attached hydrogens (tertiary/aromatic N) is 2. The molecule has 1 fully saturated rings. The van der Waals surface area contributed by atoms with Gasteiger partial charge in [0.1, 0.15) is 0 Å². The normalized spacial score (nSPS) is 20.8. The van der Waals surface area contributed by atoms with Crippen LogP contribution in [0.1, 0.15) is 17.3 Å². The van der Waals surface area contributed by atoms with Crippen LogP contribution in [0, 0.1) is 0 Å². The molecule has 1 N–H and O–H groups in total. The molecule has 1 saturated heterocycles. The Labute approximate surface area is 109 Å². The SMILES string of the molecule is CNc1ccc(C(=O)N2CCN(C)CC2C)cc1. The van der Waals surface area contributed by atoms with Crippen LogP contribution >= 0.6 is 0 Å². The molecule has 1 atom stereocenters. The maximum Gasteiger partial charge on any atom is 0.254 e. The number of nitrogens with one attached hydrogen (secondary N) is 1. The molecule has 0 saturated carbocycles. The smallest absolute Gasteiger partial charge is 0.254 e. The molecule has 1 aliphatic rings. The molecule has 1 aliphatic heterocycles. The number of anilines is 1. The van der Waals surface area contributed by atoms with Gasteiger partial charge in [-0.05, 0) is 38.2 Å². The molecule has 0 radical (unpaired) electrons. The lowest BCUT2D eigenvalue weighted by Crippen LogP contribution is -2.52. The molecule has 0 aromatic heterocycles. The third kappa shape index (κ3) is 2.64. The molecule has 1 heterocycles. The van der Waals surface area contributed by atoms with Gasteiger partial charge >= 0.3 is 0 Å². The van der Waals surface area contributed by atoms with Gasteiger partial charge in [-0.2, -0.15) is 0 Å². The summed E-state index contributed by atoms with van der Waals surface area (Å²) in [5.74, 6) is 0.137. The van der Waals surface area contributed by atoms with Gasteiger partial charge in [0.2, 0.25) is 0 Å². The monoisotopic (exact) mass is 247 g/mol. The molecule has 98 valence electrons. The lowest BCUT2D eigenvalue weighted by Gasteiger charge is -2.38. The fourth-order valence-electron chi connectivity index (χ4n) is 2.39. The van der Waals surface area contributed by atoms with Crippen molar-refractivity contribution in [3.05, 3.63) is 29.8 Å². The van der Waals surface area contributed by atoms with E-state index in [2.05, 4.69) is 24.2 Å². The third-order valence-electron chi connectivity index (χ3n) is 3.51. The summed E-state index contributed by atoms with van der Waals surface area (Å²) in [6.07, 6.45) is 0. The highest BCUT2D eigenvalue weighted by molar-refractivity contribution is 5.94. The van der Waals surface area contributed by atoms with E-state index >= 15 is 0 Å². The number of rotatable bonds is 2. The van der Waals surface area contributed by atoms with E-state index in [1.807, 2.05) is 36.2 Å². The second-order valence-corrected chi connectivity index (χ2v) is 4.94. The lowest BCUT2D eigenvalue weighted by atomic mass is 10.1. The van der Waals surface area contributed by atoms with Gasteiger partial charge in [-0.1, -0.05) is 0 Å². The summed E-state index contributed by atoms with van der Waals surface area (Å²) in [7, 11) is 3.97. The molecule has 4 nitrogen and oxygen atoms in total. The Morgan fingerprint density at radius 1 is 1.28 bits per heavy atom. The first-order valence-electron chi connectivity index (χ1n) is 6.39. The molecule has 1 aromatic rings. The minimum atomic E-state index is 0.137. The highest BCUT2D eigenvalue weighted by Crippen LogP contribution is 2.15. The van der Waals surface area contributed by atoms with Crippen molar-refractivity contribution >= 4 is 11.6 Å². The van der Waals surface area contributed by atoms with E-state index in [1.165, 1.54) is 0 Å². The molecular weight excluding hydrogens is 226 g/mol. The van der Waals surface area contributed by atoms with Gasteiger partial charge in [0, 0.05) is 44.0 Å². The van der Waals surface area contributed by atoms with Crippen molar-refractivity contribution < 1.29 is 4.79 Å². The molecule has 1 amide bonds. The van der Waals surface area contributed by atoms with Crippen LogP contribution in [0.3, 0.4) is 0 Å². The van der Waals surface area contributed by atoms with Crippen LogP contribution in [0.25, 0.3) is 0 Å². The van der Waals surface area contributed by atoms with Crippen LogP contribution in [-0.2, 0) is 0 Å². The fourth-order valence-corrected chi connectivity index (χ4v) is 2.39. The maximum atomic E-state index is 12.4. The Morgan fingerprint density at radius 3 is 2.50 bits per heavy atom. The molecule has 0 spiro atoms. The van der Waals surface area contributed by atoms with E-state index in [9.17, 15) is 4.79 Å². The van der Waals surface area contributed by atoms with E-state index in [4.69, 9.17) is 0 Å². The Hall–Kier alpha value is -1.55. The molecule has 0 aliphatic carbocycles. The van der Waals surface area contributed by atoms with Crippen molar-refractivity contribution in [3.63, 3.8) is 0 Å². The Morgan fingerprint density at radius 2 is 1.94 bits per heavy atom. The number of likely N-dealkylation sites (N-methyl/N-ethyl adjacent to an activating group) is 1. The van der Waals surface area contributed by atoms with Crippen molar-refractivity contribution in [2.24, 2.45) is 0 Å². The zero-order valence-corrected chi connectivity index (χ0v) is 11.3. The third-order valence-corrected chi connectivity index (χ3v) is 3.51. The molecule has 18 heavy (non-hydrogen) atoms. The average molecular weight is 247 g/mol. The highest BCUT2D eigenvalue weighted by Gasteiger charge is 2.26. The summed E-state index contributed by atoms with van der Waals surface area (Å²) in [6, 6.07) is 7.93. The van der Waals surface area contributed by atoms with Crippen molar-refractivity contribution in [2.75, 3.05) is 39.0 Å². The minimum absolute atomic E-state index is 0.137. The highest BCUT2D eigenvalue weighted by atomic mass is 16.2. The van der Waals surface area contributed by atoms with Crippen LogP contribution in [0.4, 0.5) is 5.69 Å². The van der Waals surface area contributed by atoms with Crippen molar-refractivity contribution in [3.8, 4) is 0 Å². The summed E-state index contributed by atoms with van der Waals surface area (Å²) < 4.78 is 0.